The molecule has 3 atom stereocenters. The minimum Gasteiger partial charge on any atom is -0.383 e. The number of carbonyl (C=O) groups is 2. The normalized spacial score (nSPS) is 25.3. The highest BCUT2D eigenvalue weighted by molar-refractivity contribution is 5.97. The van der Waals surface area contributed by atoms with Gasteiger partial charge in [-0.2, -0.15) is 0 Å². The molecule has 0 aromatic heterocycles. The van der Waals surface area contributed by atoms with Gasteiger partial charge < -0.3 is 15.0 Å². The number of hydrogen-bond donors (Lipinski definition) is 1. The third kappa shape index (κ3) is 3.32. The summed E-state index contributed by atoms with van der Waals surface area (Å²) < 4.78 is 5.27. The van der Waals surface area contributed by atoms with Crippen molar-refractivity contribution in [2.24, 2.45) is 11.8 Å². The first-order valence-electron chi connectivity index (χ1n) is 7.46. The van der Waals surface area contributed by atoms with Crippen molar-refractivity contribution in [1.29, 1.82) is 0 Å². The molecule has 2 amide bonds. The minimum atomic E-state index is -0.427. The van der Waals surface area contributed by atoms with Crippen LogP contribution in [-0.2, 0) is 14.3 Å². The first-order valence-corrected chi connectivity index (χ1v) is 7.46. The molecule has 1 aliphatic heterocycles. The van der Waals surface area contributed by atoms with E-state index in [0.29, 0.717) is 13.0 Å². The van der Waals surface area contributed by atoms with Crippen molar-refractivity contribution in [3.8, 4) is 0 Å². The van der Waals surface area contributed by atoms with Gasteiger partial charge in [-0.3, -0.25) is 9.59 Å². The molecule has 5 heteroatoms. The van der Waals surface area contributed by atoms with E-state index in [2.05, 4.69) is 19.2 Å². The molecule has 0 radical (unpaired) electrons. The van der Waals surface area contributed by atoms with Gasteiger partial charge in [0.15, 0.2) is 0 Å². The standard InChI is InChI=1S/C15H28N2O3/c1-7-11-14(18)16-13(10(4)5)15(19)17(11)12(8-20-6)9(2)3/h9-13H,7-8H2,1-6H3,(H,16,18). The zero-order valence-electron chi connectivity index (χ0n) is 13.5. The number of carbonyl (C=O) groups excluding carboxylic acids is 2. The summed E-state index contributed by atoms with van der Waals surface area (Å²) in [7, 11) is 1.63. The van der Waals surface area contributed by atoms with Crippen LogP contribution in [0.4, 0.5) is 0 Å². The van der Waals surface area contributed by atoms with Crippen molar-refractivity contribution >= 4 is 11.8 Å². The van der Waals surface area contributed by atoms with E-state index in [1.54, 1.807) is 12.0 Å². The zero-order valence-corrected chi connectivity index (χ0v) is 13.5. The van der Waals surface area contributed by atoms with Crippen molar-refractivity contribution in [1.82, 2.24) is 10.2 Å². The Morgan fingerprint density at radius 2 is 1.85 bits per heavy atom. The number of nitrogens with zero attached hydrogens (tertiary/aromatic N) is 1. The lowest BCUT2D eigenvalue weighted by Gasteiger charge is -2.45. The molecule has 0 aromatic carbocycles. The van der Waals surface area contributed by atoms with Crippen molar-refractivity contribution in [2.75, 3.05) is 13.7 Å². The van der Waals surface area contributed by atoms with Gasteiger partial charge in [-0.1, -0.05) is 34.6 Å². The molecule has 5 nitrogen and oxygen atoms in total. The summed E-state index contributed by atoms with van der Waals surface area (Å²) in [5.74, 6) is 0.295. The van der Waals surface area contributed by atoms with Crippen LogP contribution in [0.3, 0.4) is 0 Å². The van der Waals surface area contributed by atoms with Gasteiger partial charge in [0, 0.05) is 7.11 Å². The molecule has 0 aliphatic carbocycles. The van der Waals surface area contributed by atoms with Crippen LogP contribution < -0.4 is 5.32 Å². The van der Waals surface area contributed by atoms with E-state index >= 15 is 0 Å². The lowest BCUT2D eigenvalue weighted by molar-refractivity contribution is -0.156. The van der Waals surface area contributed by atoms with Crippen molar-refractivity contribution < 1.29 is 14.3 Å². The molecular weight excluding hydrogens is 256 g/mol. The average molecular weight is 284 g/mol. The fraction of sp³-hybridized carbons (Fsp3) is 0.867. The Labute approximate surface area is 122 Å². The van der Waals surface area contributed by atoms with Crippen molar-refractivity contribution in [3.63, 3.8) is 0 Å². The van der Waals surface area contributed by atoms with Crippen LogP contribution >= 0.6 is 0 Å². The first kappa shape index (κ1) is 17.0. The highest BCUT2D eigenvalue weighted by Crippen LogP contribution is 2.23. The topological polar surface area (TPSA) is 58.6 Å². The molecule has 1 heterocycles. The predicted octanol–water partition coefficient (Wildman–Crippen LogP) is 1.42. The Hall–Kier alpha value is -1.10. The number of hydrogen-bond acceptors (Lipinski definition) is 3. The summed E-state index contributed by atoms with van der Waals surface area (Å²) in [6.45, 7) is 10.4. The largest absolute Gasteiger partial charge is 0.383 e. The molecular formula is C15H28N2O3. The molecule has 116 valence electrons. The van der Waals surface area contributed by atoms with E-state index in [-0.39, 0.29) is 35.7 Å². The second-order valence-electron chi connectivity index (χ2n) is 6.17. The van der Waals surface area contributed by atoms with Gasteiger partial charge in [-0.05, 0) is 18.3 Å². The first-order chi connectivity index (χ1) is 9.34. The number of rotatable bonds is 6. The number of ether oxygens (including phenoxy) is 1. The Morgan fingerprint density at radius 1 is 1.25 bits per heavy atom. The molecule has 0 aromatic rings. The lowest BCUT2D eigenvalue weighted by Crippen LogP contribution is -2.68. The average Bonchev–Trinajstić information content (AvgIpc) is 2.37. The summed E-state index contributed by atoms with van der Waals surface area (Å²) in [5.41, 5.74) is 0. The summed E-state index contributed by atoms with van der Waals surface area (Å²) in [5, 5.41) is 2.86. The second kappa shape index (κ2) is 7.07. The second-order valence-corrected chi connectivity index (χ2v) is 6.17. The van der Waals surface area contributed by atoms with Crippen LogP contribution in [0.2, 0.25) is 0 Å². The van der Waals surface area contributed by atoms with E-state index in [9.17, 15) is 9.59 Å². The molecule has 0 spiro atoms. The van der Waals surface area contributed by atoms with E-state index < -0.39 is 6.04 Å². The lowest BCUT2D eigenvalue weighted by atomic mass is 9.92. The van der Waals surface area contributed by atoms with Crippen LogP contribution in [0.5, 0.6) is 0 Å². The van der Waals surface area contributed by atoms with Gasteiger partial charge in [-0.25, -0.2) is 0 Å². The van der Waals surface area contributed by atoms with Crippen LogP contribution in [0.25, 0.3) is 0 Å². The minimum absolute atomic E-state index is 0.0159. The molecule has 1 fully saturated rings. The maximum Gasteiger partial charge on any atom is 0.246 e. The number of piperazine rings is 1. The Bertz CT molecular complexity index is 355. The quantitative estimate of drug-likeness (QED) is 0.802. The predicted molar refractivity (Wildman–Crippen MR) is 78.2 cm³/mol. The number of amides is 2. The van der Waals surface area contributed by atoms with E-state index in [1.165, 1.54) is 0 Å². The molecule has 1 aliphatic rings. The third-order valence-electron chi connectivity index (χ3n) is 3.97. The van der Waals surface area contributed by atoms with E-state index in [4.69, 9.17) is 4.74 Å². The maximum atomic E-state index is 12.8. The van der Waals surface area contributed by atoms with Crippen LogP contribution in [0, 0.1) is 11.8 Å². The van der Waals surface area contributed by atoms with Gasteiger partial charge in [0.25, 0.3) is 0 Å². The van der Waals surface area contributed by atoms with Gasteiger partial charge in [-0.15, -0.1) is 0 Å². The van der Waals surface area contributed by atoms with Gasteiger partial charge >= 0.3 is 0 Å². The summed E-state index contributed by atoms with van der Waals surface area (Å²) >= 11 is 0. The van der Waals surface area contributed by atoms with Crippen LogP contribution in [0.15, 0.2) is 0 Å². The highest BCUT2D eigenvalue weighted by Gasteiger charge is 2.44. The van der Waals surface area contributed by atoms with E-state index in [1.807, 2.05) is 20.8 Å². The van der Waals surface area contributed by atoms with Crippen LogP contribution in [0.1, 0.15) is 41.0 Å². The maximum absolute atomic E-state index is 12.8. The zero-order chi connectivity index (χ0) is 15.4. The van der Waals surface area contributed by atoms with Crippen LogP contribution in [-0.4, -0.2) is 48.6 Å². The smallest absolute Gasteiger partial charge is 0.246 e. The van der Waals surface area contributed by atoms with Crippen molar-refractivity contribution in [3.05, 3.63) is 0 Å². The van der Waals surface area contributed by atoms with Gasteiger partial charge in [0.1, 0.15) is 12.1 Å². The SMILES string of the molecule is CCC1C(=O)NC(C(C)C)C(=O)N1C(COC)C(C)C. The summed E-state index contributed by atoms with van der Waals surface area (Å²) in [6, 6.07) is -0.881. The monoisotopic (exact) mass is 284 g/mol. The molecule has 3 unspecified atom stereocenters. The molecule has 1 saturated heterocycles. The molecule has 0 saturated carbocycles. The third-order valence-corrected chi connectivity index (χ3v) is 3.97. The van der Waals surface area contributed by atoms with E-state index in [0.717, 1.165) is 0 Å². The Morgan fingerprint density at radius 3 is 2.25 bits per heavy atom. The number of methoxy groups -OCH3 is 1. The van der Waals surface area contributed by atoms with Gasteiger partial charge in [0.2, 0.25) is 11.8 Å². The molecule has 0 bridgehead atoms. The fourth-order valence-corrected chi connectivity index (χ4v) is 2.74. The fourth-order valence-electron chi connectivity index (χ4n) is 2.74. The van der Waals surface area contributed by atoms with Crippen molar-refractivity contribution in [2.45, 2.75) is 59.2 Å². The Balaban J connectivity index is 3.12. The number of nitrogens with one attached hydrogen (secondary N) is 1. The Kier molecular flexibility index (Phi) is 5.99. The molecule has 1 N–H and O–H groups in total. The summed E-state index contributed by atoms with van der Waals surface area (Å²) in [4.78, 5) is 26.8. The molecule has 20 heavy (non-hydrogen) atoms. The van der Waals surface area contributed by atoms with Gasteiger partial charge in [0.05, 0.1) is 12.6 Å². The highest BCUT2D eigenvalue weighted by atomic mass is 16.5. The molecule has 1 rings (SSSR count). The summed E-state index contributed by atoms with van der Waals surface area (Å²) in [6.07, 6.45) is 0.620.